The van der Waals surface area contributed by atoms with Gasteiger partial charge >= 0.3 is 0 Å². The Labute approximate surface area is 110 Å². The van der Waals surface area contributed by atoms with Gasteiger partial charge in [0.2, 0.25) is 0 Å². The summed E-state index contributed by atoms with van der Waals surface area (Å²) in [7, 11) is 0. The van der Waals surface area contributed by atoms with Gasteiger partial charge in [0.1, 0.15) is 0 Å². The fourth-order valence-corrected chi connectivity index (χ4v) is 4.88. The SMILES string of the molecule is Cc1csc(CCNC2CSCCSC2)n1. The molecule has 0 atom stereocenters. The Bertz CT molecular complexity index is 306. The standard InChI is InChI=1S/C11H18N2S3/c1-9-6-16-11(13-9)2-3-12-10-7-14-4-5-15-8-10/h6,10,12H,2-5,7-8H2,1H3. The molecule has 0 aromatic carbocycles. The van der Waals surface area contributed by atoms with E-state index >= 15 is 0 Å². The molecule has 1 saturated heterocycles. The summed E-state index contributed by atoms with van der Waals surface area (Å²) in [5.41, 5.74) is 1.15. The average Bonchev–Trinajstić information content (AvgIpc) is 2.54. The molecule has 1 aliphatic rings. The monoisotopic (exact) mass is 274 g/mol. The van der Waals surface area contributed by atoms with E-state index in [9.17, 15) is 0 Å². The van der Waals surface area contributed by atoms with Gasteiger partial charge in [-0.15, -0.1) is 11.3 Å². The van der Waals surface area contributed by atoms with Crippen molar-refractivity contribution in [2.24, 2.45) is 0 Å². The number of thiazole rings is 1. The van der Waals surface area contributed by atoms with Crippen molar-refractivity contribution in [2.75, 3.05) is 29.6 Å². The molecule has 0 saturated carbocycles. The number of nitrogens with one attached hydrogen (secondary N) is 1. The predicted molar refractivity (Wildman–Crippen MR) is 77.0 cm³/mol. The zero-order valence-corrected chi connectivity index (χ0v) is 12.0. The Morgan fingerprint density at radius 3 is 2.75 bits per heavy atom. The highest BCUT2D eigenvalue weighted by molar-refractivity contribution is 8.03. The minimum absolute atomic E-state index is 0.693. The second-order valence-corrected chi connectivity index (χ2v) is 7.18. The van der Waals surface area contributed by atoms with E-state index < -0.39 is 0 Å². The molecule has 2 nitrogen and oxygen atoms in total. The smallest absolute Gasteiger partial charge is 0.0940 e. The normalized spacial score (nSPS) is 18.6. The van der Waals surface area contributed by atoms with Gasteiger partial charge in [-0.3, -0.25) is 0 Å². The van der Waals surface area contributed by atoms with Crippen molar-refractivity contribution in [3.63, 3.8) is 0 Å². The molecule has 0 unspecified atom stereocenters. The van der Waals surface area contributed by atoms with Crippen molar-refractivity contribution >= 4 is 34.9 Å². The molecule has 16 heavy (non-hydrogen) atoms. The first-order chi connectivity index (χ1) is 7.84. The maximum atomic E-state index is 4.48. The Morgan fingerprint density at radius 2 is 2.12 bits per heavy atom. The van der Waals surface area contributed by atoms with Gasteiger partial charge in [-0.2, -0.15) is 23.5 Å². The number of aryl methyl sites for hydroxylation is 1. The first kappa shape index (κ1) is 12.7. The second kappa shape index (κ2) is 6.89. The van der Waals surface area contributed by atoms with Crippen LogP contribution in [-0.2, 0) is 6.42 Å². The molecule has 5 heteroatoms. The third-order valence-electron chi connectivity index (χ3n) is 2.45. The first-order valence-electron chi connectivity index (χ1n) is 5.64. The largest absolute Gasteiger partial charge is 0.312 e. The maximum absolute atomic E-state index is 4.48. The van der Waals surface area contributed by atoms with Crippen molar-refractivity contribution in [3.8, 4) is 0 Å². The minimum atomic E-state index is 0.693. The van der Waals surface area contributed by atoms with Gasteiger partial charge in [-0.05, 0) is 6.92 Å². The van der Waals surface area contributed by atoms with Gasteiger partial charge in [0.05, 0.1) is 5.01 Å². The van der Waals surface area contributed by atoms with Crippen LogP contribution in [0.1, 0.15) is 10.7 Å². The summed E-state index contributed by atoms with van der Waals surface area (Å²) < 4.78 is 0. The number of hydrogen-bond acceptors (Lipinski definition) is 5. The van der Waals surface area contributed by atoms with Gasteiger partial charge < -0.3 is 5.32 Å². The Morgan fingerprint density at radius 1 is 1.38 bits per heavy atom. The number of aromatic nitrogens is 1. The van der Waals surface area contributed by atoms with Crippen molar-refractivity contribution in [1.82, 2.24) is 10.3 Å². The number of thioether (sulfide) groups is 2. The summed E-state index contributed by atoms with van der Waals surface area (Å²) >= 11 is 5.93. The van der Waals surface area contributed by atoms with Crippen LogP contribution in [0.4, 0.5) is 0 Å². The zero-order chi connectivity index (χ0) is 11.2. The minimum Gasteiger partial charge on any atom is -0.312 e. The van der Waals surface area contributed by atoms with Gasteiger partial charge in [-0.25, -0.2) is 4.98 Å². The van der Waals surface area contributed by atoms with Gasteiger partial charge in [-0.1, -0.05) is 0 Å². The quantitative estimate of drug-likeness (QED) is 0.911. The maximum Gasteiger partial charge on any atom is 0.0940 e. The first-order valence-corrected chi connectivity index (χ1v) is 8.83. The van der Waals surface area contributed by atoms with Gasteiger partial charge in [0.15, 0.2) is 0 Å². The van der Waals surface area contributed by atoms with Crippen LogP contribution in [0.5, 0.6) is 0 Å². The van der Waals surface area contributed by atoms with E-state index in [1.165, 1.54) is 28.0 Å². The number of rotatable bonds is 4. The molecule has 0 aliphatic carbocycles. The lowest BCUT2D eigenvalue weighted by molar-refractivity contribution is 0.604. The van der Waals surface area contributed by atoms with E-state index in [-0.39, 0.29) is 0 Å². The van der Waals surface area contributed by atoms with Crippen LogP contribution >= 0.6 is 34.9 Å². The number of hydrogen-bond donors (Lipinski definition) is 1. The molecule has 2 rings (SSSR count). The van der Waals surface area contributed by atoms with E-state index in [4.69, 9.17) is 0 Å². The lowest BCUT2D eigenvalue weighted by atomic mass is 10.3. The van der Waals surface area contributed by atoms with Crippen molar-refractivity contribution in [2.45, 2.75) is 19.4 Å². The highest BCUT2D eigenvalue weighted by Crippen LogP contribution is 2.16. The molecule has 0 amide bonds. The average molecular weight is 274 g/mol. The van der Waals surface area contributed by atoms with E-state index in [1.54, 1.807) is 11.3 Å². The van der Waals surface area contributed by atoms with Crippen LogP contribution < -0.4 is 5.32 Å². The lowest BCUT2D eigenvalue weighted by Gasteiger charge is -2.14. The highest BCUT2D eigenvalue weighted by Gasteiger charge is 2.11. The van der Waals surface area contributed by atoms with E-state index in [0.717, 1.165) is 18.7 Å². The molecule has 90 valence electrons. The summed E-state index contributed by atoms with van der Waals surface area (Å²) in [6.07, 6.45) is 1.07. The number of nitrogens with zero attached hydrogens (tertiary/aromatic N) is 1. The Kier molecular flexibility index (Phi) is 5.48. The summed E-state index contributed by atoms with van der Waals surface area (Å²) in [5.74, 6) is 5.16. The molecule has 1 fully saturated rings. The van der Waals surface area contributed by atoms with Gasteiger partial charge in [0, 0.05) is 53.1 Å². The van der Waals surface area contributed by atoms with Crippen LogP contribution in [0.25, 0.3) is 0 Å². The van der Waals surface area contributed by atoms with Crippen LogP contribution in [0, 0.1) is 6.92 Å². The Hall–Kier alpha value is 0.290. The second-order valence-electron chi connectivity index (χ2n) is 3.93. The zero-order valence-electron chi connectivity index (χ0n) is 9.57. The third kappa shape index (κ3) is 4.28. The van der Waals surface area contributed by atoms with Crippen molar-refractivity contribution in [1.29, 1.82) is 0 Å². The fraction of sp³-hybridized carbons (Fsp3) is 0.727. The van der Waals surface area contributed by atoms with E-state index in [0.29, 0.717) is 6.04 Å². The summed E-state index contributed by atoms with van der Waals surface area (Å²) in [6.45, 7) is 3.13. The molecule has 0 radical (unpaired) electrons. The lowest BCUT2D eigenvalue weighted by Crippen LogP contribution is -2.34. The van der Waals surface area contributed by atoms with Crippen LogP contribution in [0.3, 0.4) is 0 Å². The molecule has 1 aliphatic heterocycles. The molecule has 1 aromatic heterocycles. The molecule has 1 aromatic rings. The summed E-state index contributed by atoms with van der Waals surface area (Å²) in [4.78, 5) is 4.48. The predicted octanol–water partition coefficient (Wildman–Crippen LogP) is 2.43. The summed E-state index contributed by atoms with van der Waals surface area (Å²) in [5, 5.41) is 7.04. The van der Waals surface area contributed by atoms with Crippen molar-refractivity contribution in [3.05, 3.63) is 16.1 Å². The van der Waals surface area contributed by atoms with E-state index in [1.807, 2.05) is 0 Å². The summed E-state index contributed by atoms with van der Waals surface area (Å²) in [6, 6.07) is 0.693. The molecule has 1 N–H and O–H groups in total. The highest BCUT2D eigenvalue weighted by atomic mass is 32.2. The molecular weight excluding hydrogens is 256 g/mol. The topological polar surface area (TPSA) is 24.9 Å². The van der Waals surface area contributed by atoms with Crippen LogP contribution in [-0.4, -0.2) is 40.6 Å². The third-order valence-corrected chi connectivity index (χ3v) is 6.00. The van der Waals surface area contributed by atoms with Crippen LogP contribution in [0.15, 0.2) is 5.38 Å². The Balaban J connectivity index is 1.67. The molecule has 0 spiro atoms. The van der Waals surface area contributed by atoms with Crippen molar-refractivity contribution < 1.29 is 0 Å². The van der Waals surface area contributed by atoms with Gasteiger partial charge in [0.25, 0.3) is 0 Å². The molecular formula is C11H18N2S3. The van der Waals surface area contributed by atoms with Crippen LogP contribution in [0.2, 0.25) is 0 Å². The molecule has 2 heterocycles. The molecule has 0 bridgehead atoms. The fourth-order valence-electron chi connectivity index (χ4n) is 1.64. The van der Waals surface area contributed by atoms with E-state index in [2.05, 4.69) is 46.1 Å².